The van der Waals surface area contributed by atoms with Gasteiger partial charge in [0.2, 0.25) is 0 Å². The minimum atomic E-state index is 0.346. The van der Waals surface area contributed by atoms with Crippen molar-refractivity contribution in [3.05, 3.63) is 28.3 Å². The van der Waals surface area contributed by atoms with Gasteiger partial charge < -0.3 is 9.47 Å². The number of fused-ring (bicyclic) bond motifs is 1. The average Bonchev–Trinajstić information content (AvgIpc) is 2.25. The molecule has 1 aromatic carbocycles. The second-order valence-corrected chi connectivity index (χ2v) is 5.01. The largest absolute Gasteiger partial charge is 0.467 e. The van der Waals surface area contributed by atoms with E-state index >= 15 is 0 Å². The van der Waals surface area contributed by atoms with E-state index in [-0.39, 0.29) is 0 Å². The summed E-state index contributed by atoms with van der Waals surface area (Å²) in [5, 5.41) is 0.759. The number of hydrogen-bond acceptors (Lipinski definition) is 3. The Morgan fingerprint density at radius 3 is 3.13 bits per heavy atom. The van der Waals surface area contributed by atoms with E-state index in [1.165, 1.54) is 5.56 Å². The molecule has 2 nitrogen and oxygen atoms in total. The molecule has 1 heterocycles. The Balaban J connectivity index is 2.30. The molecule has 0 spiro atoms. The minimum Gasteiger partial charge on any atom is -0.467 e. The van der Waals surface area contributed by atoms with Gasteiger partial charge in [0, 0.05) is 21.9 Å². The van der Waals surface area contributed by atoms with Crippen molar-refractivity contribution < 1.29 is 9.47 Å². The van der Waals surface area contributed by atoms with Crippen LogP contribution in [0.4, 0.5) is 0 Å². The lowest BCUT2D eigenvalue weighted by Gasteiger charge is -2.20. The lowest BCUT2D eigenvalue weighted by molar-refractivity contribution is -0.0168. The van der Waals surface area contributed by atoms with Crippen molar-refractivity contribution in [2.24, 2.45) is 0 Å². The Morgan fingerprint density at radius 2 is 2.33 bits per heavy atom. The summed E-state index contributed by atoms with van der Waals surface area (Å²) in [7, 11) is 0. The van der Waals surface area contributed by atoms with E-state index in [1.807, 2.05) is 23.9 Å². The summed E-state index contributed by atoms with van der Waals surface area (Å²) in [6.07, 6.45) is 0. The topological polar surface area (TPSA) is 18.5 Å². The molecule has 1 aliphatic heterocycles. The smallest absolute Gasteiger partial charge is 0.189 e. The van der Waals surface area contributed by atoms with Crippen LogP contribution in [-0.4, -0.2) is 12.5 Å². The maximum Gasteiger partial charge on any atom is 0.189 e. The highest BCUT2D eigenvalue weighted by atomic mass is 35.5. The van der Waals surface area contributed by atoms with Gasteiger partial charge in [-0.05, 0) is 17.9 Å². The molecule has 0 aliphatic carbocycles. The quantitative estimate of drug-likeness (QED) is 0.811. The molecule has 0 saturated heterocycles. The van der Waals surface area contributed by atoms with Crippen LogP contribution < -0.4 is 4.74 Å². The van der Waals surface area contributed by atoms with Crippen molar-refractivity contribution >= 4 is 23.4 Å². The number of rotatable bonds is 3. The zero-order chi connectivity index (χ0) is 10.7. The molecule has 0 radical (unpaired) electrons. The molecule has 82 valence electrons. The molecular weight excluding hydrogens is 232 g/mol. The minimum absolute atomic E-state index is 0.346. The van der Waals surface area contributed by atoms with Gasteiger partial charge in [0.15, 0.2) is 6.79 Å². The van der Waals surface area contributed by atoms with Crippen molar-refractivity contribution in [1.82, 2.24) is 0 Å². The maximum absolute atomic E-state index is 6.04. The van der Waals surface area contributed by atoms with E-state index in [2.05, 4.69) is 6.92 Å². The summed E-state index contributed by atoms with van der Waals surface area (Å²) >= 11 is 7.90. The van der Waals surface area contributed by atoms with Crippen molar-refractivity contribution in [2.75, 3.05) is 12.5 Å². The van der Waals surface area contributed by atoms with Gasteiger partial charge in [-0.25, -0.2) is 0 Å². The summed E-state index contributed by atoms with van der Waals surface area (Å²) in [5.41, 5.74) is 2.23. The number of hydrogen-bond donors (Lipinski definition) is 0. The number of benzene rings is 1. The van der Waals surface area contributed by atoms with E-state index in [1.54, 1.807) is 0 Å². The second-order valence-electron chi connectivity index (χ2n) is 3.30. The molecule has 2 rings (SSSR count). The number of thioether (sulfide) groups is 1. The predicted octanol–water partition coefficient (Wildman–Crippen LogP) is 3.46. The third-order valence-corrected chi connectivity index (χ3v) is 3.35. The van der Waals surface area contributed by atoms with Crippen LogP contribution in [0.5, 0.6) is 5.75 Å². The molecule has 0 unspecified atom stereocenters. The van der Waals surface area contributed by atoms with Gasteiger partial charge in [-0.15, -0.1) is 0 Å². The fourth-order valence-electron chi connectivity index (χ4n) is 1.58. The third-order valence-electron chi connectivity index (χ3n) is 2.21. The molecular formula is C11H13ClO2S. The third kappa shape index (κ3) is 2.60. The summed E-state index contributed by atoms with van der Waals surface area (Å²) < 4.78 is 10.7. The van der Waals surface area contributed by atoms with Gasteiger partial charge in [-0.3, -0.25) is 0 Å². The van der Waals surface area contributed by atoms with Crippen LogP contribution in [0.1, 0.15) is 18.1 Å². The van der Waals surface area contributed by atoms with E-state index in [0.717, 1.165) is 27.8 Å². The molecule has 0 amide bonds. The van der Waals surface area contributed by atoms with Gasteiger partial charge in [0.25, 0.3) is 0 Å². The molecule has 0 N–H and O–H groups in total. The average molecular weight is 245 g/mol. The van der Waals surface area contributed by atoms with Crippen LogP contribution in [0.25, 0.3) is 0 Å². The van der Waals surface area contributed by atoms with Crippen molar-refractivity contribution in [2.45, 2.75) is 19.3 Å². The number of halogens is 1. The molecule has 0 saturated carbocycles. The highest BCUT2D eigenvalue weighted by Crippen LogP contribution is 2.33. The summed E-state index contributed by atoms with van der Waals surface area (Å²) in [6, 6.07) is 3.89. The van der Waals surface area contributed by atoms with E-state index < -0.39 is 0 Å². The molecule has 0 fully saturated rings. The summed E-state index contributed by atoms with van der Waals surface area (Å²) in [4.78, 5) is 0. The predicted molar refractivity (Wildman–Crippen MR) is 63.6 cm³/mol. The first kappa shape index (κ1) is 11.1. The monoisotopic (exact) mass is 244 g/mol. The maximum atomic E-state index is 6.04. The van der Waals surface area contributed by atoms with E-state index in [4.69, 9.17) is 21.1 Å². The Kier molecular flexibility index (Phi) is 3.78. The van der Waals surface area contributed by atoms with Crippen molar-refractivity contribution in [1.29, 1.82) is 0 Å². The fourth-order valence-corrected chi connectivity index (χ4v) is 2.48. The standard InChI is InChI=1S/C11H13ClO2S/c1-2-15-6-9-4-10(12)3-8-5-13-7-14-11(8)9/h3-4H,2,5-7H2,1H3. The van der Waals surface area contributed by atoms with Gasteiger partial charge in [0.1, 0.15) is 5.75 Å². The molecule has 15 heavy (non-hydrogen) atoms. The van der Waals surface area contributed by atoms with Crippen molar-refractivity contribution in [3.8, 4) is 5.75 Å². The fraction of sp³-hybridized carbons (Fsp3) is 0.455. The van der Waals surface area contributed by atoms with E-state index in [0.29, 0.717) is 13.4 Å². The SMILES string of the molecule is CCSCc1cc(Cl)cc2c1OCOC2. The molecule has 1 aliphatic rings. The second kappa shape index (κ2) is 5.10. The van der Waals surface area contributed by atoms with Crippen LogP contribution in [0.2, 0.25) is 5.02 Å². The Morgan fingerprint density at radius 1 is 1.47 bits per heavy atom. The van der Waals surface area contributed by atoms with Crippen LogP contribution >= 0.6 is 23.4 Å². The molecule has 4 heteroatoms. The lowest BCUT2D eigenvalue weighted by Crippen LogP contribution is -2.12. The van der Waals surface area contributed by atoms with E-state index in [9.17, 15) is 0 Å². The van der Waals surface area contributed by atoms with Gasteiger partial charge in [-0.1, -0.05) is 18.5 Å². The summed E-state index contributed by atoms with van der Waals surface area (Å²) in [5.74, 6) is 3.00. The van der Waals surface area contributed by atoms with Crippen molar-refractivity contribution in [3.63, 3.8) is 0 Å². The van der Waals surface area contributed by atoms with Crippen LogP contribution in [0.3, 0.4) is 0 Å². The lowest BCUT2D eigenvalue weighted by atomic mass is 10.1. The number of ether oxygens (including phenoxy) is 2. The Labute approximate surface area is 98.9 Å². The molecule has 0 bridgehead atoms. The van der Waals surface area contributed by atoms with Gasteiger partial charge in [-0.2, -0.15) is 11.8 Å². The zero-order valence-corrected chi connectivity index (χ0v) is 10.2. The first-order valence-electron chi connectivity index (χ1n) is 4.91. The highest BCUT2D eigenvalue weighted by Gasteiger charge is 2.15. The Hall–Kier alpha value is -0.380. The highest BCUT2D eigenvalue weighted by molar-refractivity contribution is 7.98. The molecule has 0 atom stereocenters. The molecule has 1 aromatic rings. The van der Waals surface area contributed by atoms with Crippen LogP contribution in [-0.2, 0) is 17.1 Å². The molecule has 0 aromatic heterocycles. The first-order valence-corrected chi connectivity index (χ1v) is 6.44. The Bertz CT molecular complexity index is 355. The zero-order valence-electron chi connectivity index (χ0n) is 8.59. The summed E-state index contributed by atoms with van der Waals surface area (Å²) in [6.45, 7) is 3.09. The van der Waals surface area contributed by atoms with Gasteiger partial charge >= 0.3 is 0 Å². The van der Waals surface area contributed by atoms with Gasteiger partial charge in [0.05, 0.1) is 6.61 Å². The normalized spacial score (nSPS) is 14.5. The van der Waals surface area contributed by atoms with Crippen LogP contribution in [0, 0.1) is 0 Å². The first-order chi connectivity index (χ1) is 7.31. The van der Waals surface area contributed by atoms with Crippen LogP contribution in [0.15, 0.2) is 12.1 Å².